The van der Waals surface area contributed by atoms with E-state index >= 15 is 0 Å². The van der Waals surface area contributed by atoms with E-state index in [2.05, 4.69) is 0 Å². The monoisotopic (exact) mass is 258 g/mol. The van der Waals surface area contributed by atoms with E-state index in [-0.39, 0.29) is 11.9 Å². The summed E-state index contributed by atoms with van der Waals surface area (Å²) in [5.41, 5.74) is 0.941. The van der Waals surface area contributed by atoms with Crippen LogP contribution in [0.4, 0.5) is 0 Å². The summed E-state index contributed by atoms with van der Waals surface area (Å²) in [6, 6.07) is 0. The Kier molecular flexibility index (Phi) is 5.49. The highest BCUT2D eigenvalue weighted by Crippen LogP contribution is 2.33. The molecule has 90 valence electrons. The van der Waals surface area contributed by atoms with Crippen molar-refractivity contribution >= 4 is 29.3 Å². The lowest BCUT2D eigenvalue weighted by Gasteiger charge is -2.19. The topological polar surface area (TPSA) is 26.3 Å². The maximum atomic E-state index is 11.9. The fraction of sp³-hybridized carbons (Fsp3) is 0.583. The van der Waals surface area contributed by atoms with Crippen molar-refractivity contribution in [2.75, 3.05) is 12.5 Å². The van der Waals surface area contributed by atoms with Crippen molar-refractivity contribution in [2.45, 2.75) is 32.8 Å². The van der Waals surface area contributed by atoms with Crippen LogP contribution in [-0.4, -0.2) is 24.4 Å². The standard InChI is InChI=1S/C12H18O2S2/c1-8(2)14-9-5-6-10(11(13)7-9)12(15-3)16-4/h7-8H,5-6H2,1-4H3. The quantitative estimate of drug-likeness (QED) is 0.720. The Balaban J connectivity index is 2.83. The summed E-state index contributed by atoms with van der Waals surface area (Å²) in [5, 5.41) is 0. The number of carbonyl (C=O) groups is 1. The van der Waals surface area contributed by atoms with Crippen molar-refractivity contribution in [2.24, 2.45) is 0 Å². The highest BCUT2D eigenvalue weighted by atomic mass is 32.2. The molecule has 0 aliphatic heterocycles. The molecule has 1 aliphatic rings. The Morgan fingerprint density at radius 1 is 1.31 bits per heavy atom. The minimum absolute atomic E-state index is 0.112. The molecule has 0 fully saturated rings. The van der Waals surface area contributed by atoms with E-state index in [0.717, 1.165) is 28.4 Å². The molecule has 4 heteroatoms. The van der Waals surface area contributed by atoms with Gasteiger partial charge >= 0.3 is 0 Å². The number of ketones is 1. The van der Waals surface area contributed by atoms with Gasteiger partial charge in [0.1, 0.15) is 5.76 Å². The summed E-state index contributed by atoms with van der Waals surface area (Å²) in [6.45, 7) is 3.96. The van der Waals surface area contributed by atoms with E-state index < -0.39 is 0 Å². The van der Waals surface area contributed by atoms with Crippen LogP contribution in [0.5, 0.6) is 0 Å². The zero-order chi connectivity index (χ0) is 12.1. The first-order valence-corrected chi connectivity index (χ1v) is 7.76. The van der Waals surface area contributed by atoms with Crippen LogP contribution < -0.4 is 0 Å². The number of rotatable bonds is 4. The lowest BCUT2D eigenvalue weighted by atomic mass is 10.00. The SMILES string of the molecule is CSC(SC)=C1CCC(OC(C)C)=CC1=O. The summed E-state index contributed by atoms with van der Waals surface area (Å²) >= 11 is 3.29. The highest BCUT2D eigenvalue weighted by Gasteiger charge is 2.20. The zero-order valence-corrected chi connectivity index (χ0v) is 11.8. The smallest absolute Gasteiger partial charge is 0.186 e. The zero-order valence-electron chi connectivity index (χ0n) is 10.2. The Labute approximate surface area is 106 Å². The Morgan fingerprint density at radius 2 is 1.94 bits per heavy atom. The van der Waals surface area contributed by atoms with Gasteiger partial charge in [0, 0.05) is 22.3 Å². The molecular weight excluding hydrogens is 240 g/mol. The number of carbonyl (C=O) groups excluding carboxylic acids is 1. The van der Waals surface area contributed by atoms with Crippen molar-refractivity contribution in [3.63, 3.8) is 0 Å². The second-order valence-electron chi connectivity index (χ2n) is 3.82. The average molecular weight is 258 g/mol. The molecule has 0 radical (unpaired) electrons. The van der Waals surface area contributed by atoms with Gasteiger partial charge in [-0.15, -0.1) is 23.5 Å². The van der Waals surface area contributed by atoms with E-state index in [1.807, 2.05) is 26.4 Å². The number of ether oxygens (including phenoxy) is 1. The van der Waals surface area contributed by atoms with Gasteiger partial charge in [-0.25, -0.2) is 0 Å². The molecule has 0 atom stereocenters. The largest absolute Gasteiger partial charge is 0.495 e. The summed E-state index contributed by atoms with van der Waals surface area (Å²) in [5.74, 6) is 0.936. The minimum atomic E-state index is 0.112. The van der Waals surface area contributed by atoms with Crippen LogP contribution in [0, 0.1) is 0 Å². The van der Waals surface area contributed by atoms with Gasteiger partial charge in [0.2, 0.25) is 0 Å². The molecule has 2 nitrogen and oxygen atoms in total. The van der Waals surface area contributed by atoms with Crippen molar-refractivity contribution in [3.05, 3.63) is 21.6 Å². The Bertz CT molecular complexity index is 324. The molecule has 0 N–H and O–H groups in total. The number of hydrogen-bond donors (Lipinski definition) is 0. The van der Waals surface area contributed by atoms with Gasteiger partial charge in [0.25, 0.3) is 0 Å². The third-order valence-electron chi connectivity index (χ3n) is 2.22. The number of allylic oxidation sites excluding steroid dienone is 3. The van der Waals surface area contributed by atoms with Crippen molar-refractivity contribution in [1.29, 1.82) is 0 Å². The van der Waals surface area contributed by atoms with E-state index in [1.165, 1.54) is 0 Å². The van der Waals surface area contributed by atoms with Gasteiger partial charge in [-0.05, 0) is 32.8 Å². The molecule has 16 heavy (non-hydrogen) atoms. The van der Waals surface area contributed by atoms with E-state index in [1.54, 1.807) is 29.6 Å². The van der Waals surface area contributed by atoms with Crippen LogP contribution in [0.15, 0.2) is 21.6 Å². The Morgan fingerprint density at radius 3 is 2.38 bits per heavy atom. The van der Waals surface area contributed by atoms with Crippen molar-refractivity contribution in [1.82, 2.24) is 0 Å². The fourth-order valence-electron chi connectivity index (χ4n) is 1.60. The molecule has 0 aromatic carbocycles. The molecule has 0 spiro atoms. The maximum absolute atomic E-state index is 11.9. The van der Waals surface area contributed by atoms with Crippen LogP contribution in [0.3, 0.4) is 0 Å². The van der Waals surface area contributed by atoms with E-state index in [0.29, 0.717) is 0 Å². The summed E-state index contributed by atoms with van der Waals surface area (Å²) < 4.78 is 6.69. The second kappa shape index (κ2) is 6.40. The van der Waals surface area contributed by atoms with E-state index in [4.69, 9.17) is 4.74 Å². The van der Waals surface area contributed by atoms with Gasteiger partial charge in [-0.2, -0.15) is 0 Å². The van der Waals surface area contributed by atoms with Gasteiger partial charge in [0.05, 0.1) is 6.10 Å². The van der Waals surface area contributed by atoms with Gasteiger partial charge in [0.15, 0.2) is 5.78 Å². The van der Waals surface area contributed by atoms with E-state index in [9.17, 15) is 4.79 Å². The number of thioether (sulfide) groups is 2. The summed E-state index contributed by atoms with van der Waals surface area (Å²) in [4.78, 5) is 11.9. The number of hydrogen-bond acceptors (Lipinski definition) is 4. The molecule has 1 aliphatic carbocycles. The highest BCUT2D eigenvalue weighted by molar-refractivity contribution is 8.21. The van der Waals surface area contributed by atoms with Gasteiger partial charge in [-0.3, -0.25) is 4.79 Å². The first-order chi connectivity index (χ1) is 7.58. The molecule has 0 aromatic rings. The molecule has 0 saturated carbocycles. The summed E-state index contributed by atoms with van der Waals surface area (Å²) in [6.07, 6.45) is 7.44. The van der Waals surface area contributed by atoms with Crippen molar-refractivity contribution < 1.29 is 9.53 Å². The first-order valence-electron chi connectivity index (χ1n) is 5.31. The van der Waals surface area contributed by atoms with Crippen molar-refractivity contribution in [3.8, 4) is 0 Å². The molecule has 0 unspecified atom stereocenters. The molecular formula is C12H18O2S2. The molecule has 0 amide bonds. The van der Waals surface area contributed by atoms with Crippen LogP contribution in [-0.2, 0) is 9.53 Å². The molecule has 0 aromatic heterocycles. The molecule has 1 rings (SSSR count). The third kappa shape index (κ3) is 3.59. The van der Waals surface area contributed by atoms with Gasteiger partial charge in [-0.1, -0.05) is 0 Å². The average Bonchev–Trinajstić information content (AvgIpc) is 2.21. The lowest BCUT2D eigenvalue weighted by Crippen LogP contribution is -2.12. The third-order valence-corrected chi connectivity index (χ3v) is 4.45. The minimum Gasteiger partial charge on any atom is -0.495 e. The van der Waals surface area contributed by atoms with Crippen LogP contribution in [0.25, 0.3) is 0 Å². The van der Waals surface area contributed by atoms with Crippen LogP contribution >= 0.6 is 23.5 Å². The predicted octanol–water partition coefficient (Wildman–Crippen LogP) is 3.60. The van der Waals surface area contributed by atoms with Gasteiger partial charge < -0.3 is 4.74 Å². The Hall–Kier alpha value is -0.350. The fourth-order valence-corrected chi connectivity index (χ4v) is 3.17. The second-order valence-corrected chi connectivity index (χ2v) is 5.71. The molecule has 0 heterocycles. The van der Waals surface area contributed by atoms with Crippen LogP contribution in [0.2, 0.25) is 0 Å². The maximum Gasteiger partial charge on any atom is 0.186 e. The summed E-state index contributed by atoms with van der Waals surface area (Å²) in [7, 11) is 0. The molecule has 0 saturated heterocycles. The lowest BCUT2D eigenvalue weighted by molar-refractivity contribution is -0.112. The molecule has 0 bridgehead atoms. The van der Waals surface area contributed by atoms with Crippen LogP contribution in [0.1, 0.15) is 26.7 Å². The first kappa shape index (κ1) is 13.7. The predicted molar refractivity (Wildman–Crippen MR) is 72.6 cm³/mol. The normalized spacial score (nSPS) is 16.4.